The van der Waals surface area contributed by atoms with Gasteiger partial charge in [0, 0.05) is 18.1 Å². The highest BCUT2D eigenvalue weighted by atomic mass is 35.5. The van der Waals surface area contributed by atoms with Crippen molar-refractivity contribution in [2.24, 2.45) is 11.8 Å². The van der Waals surface area contributed by atoms with Crippen LogP contribution in [0.15, 0.2) is 49.2 Å². The van der Waals surface area contributed by atoms with E-state index in [-0.39, 0.29) is 24.8 Å². The molecule has 2 heterocycles. The SMILES string of the molecule is C=C[C@H]1CNCC[C@H]1CCCc1ccnc2ccccc12.Cl.Cl. The maximum atomic E-state index is 4.44. The number of hydrogen-bond donors (Lipinski definition) is 1. The van der Waals surface area contributed by atoms with Crippen LogP contribution in [0.3, 0.4) is 0 Å². The third-order valence-electron chi connectivity index (χ3n) is 4.74. The number of aryl methyl sites for hydroxylation is 1. The van der Waals surface area contributed by atoms with Gasteiger partial charge in [0.2, 0.25) is 0 Å². The summed E-state index contributed by atoms with van der Waals surface area (Å²) in [7, 11) is 0. The lowest BCUT2D eigenvalue weighted by molar-refractivity contribution is 0.280. The van der Waals surface area contributed by atoms with Crippen molar-refractivity contribution >= 4 is 35.7 Å². The average molecular weight is 353 g/mol. The van der Waals surface area contributed by atoms with E-state index >= 15 is 0 Å². The summed E-state index contributed by atoms with van der Waals surface area (Å²) >= 11 is 0. The van der Waals surface area contributed by atoms with E-state index in [4.69, 9.17) is 0 Å². The molecule has 3 rings (SSSR count). The second-order valence-corrected chi connectivity index (χ2v) is 6.03. The molecule has 0 aliphatic carbocycles. The number of fused-ring (bicyclic) bond motifs is 1. The summed E-state index contributed by atoms with van der Waals surface area (Å²) in [4.78, 5) is 4.44. The molecule has 1 aromatic heterocycles. The normalized spacial score (nSPS) is 20.3. The van der Waals surface area contributed by atoms with Gasteiger partial charge in [-0.3, -0.25) is 4.98 Å². The monoisotopic (exact) mass is 352 g/mol. The fourth-order valence-corrected chi connectivity index (χ4v) is 3.50. The van der Waals surface area contributed by atoms with Gasteiger partial charge in [0.1, 0.15) is 0 Å². The standard InChI is InChI=1S/C19H24N2.2ClH/c1-2-15-14-20-12-10-16(15)6-5-7-17-11-13-21-19-9-4-3-8-18(17)19;;/h2-4,8-9,11,13,15-16,20H,1,5-7,10,12,14H2;2*1H/t15-,16+;;/m0../s1. The fraction of sp³-hybridized carbons (Fsp3) is 0.421. The molecule has 1 aliphatic heterocycles. The lowest BCUT2D eigenvalue weighted by atomic mass is 9.82. The van der Waals surface area contributed by atoms with Crippen LogP contribution < -0.4 is 5.32 Å². The predicted octanol–water partition coefficient (Wildman–Crippen LogP) is 4.81. The summed E-state index contributed by atoms with van der Waals surface area (Å²) in [5.41, 5.74) is 2.55. The van der Waals surface area contributed by atoms with E-state index in [9.17, 15) is 0 Å². The molecule has 1 saturated heterocycles. The molecule has 0 amide bonds. The van der Waals surface area contributed by atoms with E-state index in [0.29, 0.717) is 5.92 Å². The van der Waals surface area contributed by atoms with Crippen molar-refractivity contribution in [1.82, 2.24) is 10.3 Å². The van der Waals surface area contributed by atoms with Crippen molar-refractivity contribution in [3.05, 3.63) is 54.7 Å². The minimum atomic E-state index is 0. The zero-order valence-corrected chi connectivity index (χ0v) is 15.0. The van der Waals surface area contributed by atoms with Gasteiger partial charge >= 0.3 is 0 Å². The molecule has 0 bridgehead atoms. The number of rotatable bonds is 5. The van der Waals surface area contributed by atoms with Crippen LogP contribution in [0.5, 0.6) is 0 Å². The fourth-order valence-electron chi connectivity index (χ4n) is 3.50. The Morgan fingerprint density at radius 2 is 2.04 bits per heavy atom. The number of halogens is 2. The number of hydrogen-bond acceptors (Lipinski definition) is 2. The summed E-state index contributed by atoms with van der Waals surface area (Å²) in [5, 5.41) is 4.78. The Labute approximate surface area is 151 Å². The minimum absolute atomic E-state index is 0. The molecular formula is C19H26Cl2N2. The van der Waals surface area contributed by atoms with Gasteiger partial charge in [-0.25, -0.2) is 0 Å². The molecule has 2 nitrogen and oxygen atoms in total. The maximum Gasteiger partial charge on any atom is 0.0704 e. The molecule has 0 radical (unpaired) electrons. The van der Waals surface area contributed by atoms with Gasteiger partial charge in [-0.15, -0.1) is 31.4 Å². The summed E-state index contributed by atoms with van der Waals surface area (Å²) in [5.74, 6) is 1.45. The van der Waals surface area contributed by atoms with Gasteiger partial charge in [0.25, 0.3) is 0 Å². The molecule has 1 N–H and O–H groups in total. The number of aromatic nitrogens is 1. The lowest BCUT2D eigenvalue weighted by Crippen LogP contribution is -2.35. The first kappa shape index (κ1) is 20.0. The Bertz CT molecular complexity index is 610. The Balaban J connectivity index is 0.00000132. The molecule has 1 aliphatic rings. The van der Waals surface area contributed by atoms with E-state index < -0.39 is 0 Å². The van der Waals surface area contributed by atoms with Gasteiger partial charge in [-0.05, 0) is 61.8 Å². The summed E-state index contributed by atoms with van der Waals surface area (Å²) in [6.07, 6.45) is 9.07. The third-order valence-corrected chi connectivity index (χ3v) is 4.74. The Morgan fingerprint density at radius 1 is 1.22 bits per heavy atom. The first-order valence-corrected chi connectivity index (χ1v) is 8.04. The zero-order chi connectivity index (χ0) is 14.5. The van der Waals surface area contributed by atoms with Gasteiger partial charge in [0.15, 0.2) is 0 Å². The Kier molecular flexibility index (Phi) is 8.60. The summed E-state index contributed by atoms with van der Waals surface area (Å²) in [6, 6.07) is 10.6. The molecule has 1 aromatic carbocycles. The molecule has 1 fully saturated rings. The van der Waals surface area contributed by atoms with Crippen LogP contribution in [-0.2, 0) is 6.42 Å². The topological polar surface area (TPSA) is 24.9 Å². The first-order valence-electron chi connectivity index (χ1n) is 8.04. The van der Waals surface area contributed by atoms with Crippen molar-refractivity contribution < 1.29 is 0 Å². The molecule has 23 heavy (non-hydrogen) atoms. The van der Waals surface area contributed by atoms with Crippen LogP contribution in [0, 0.1) is 11.8 Å². The summed E-state index contributed by atoms with van der Waals surface area (Å²) < 4.78 is 0. The molecule has 0 unspecified atom stereocenters. The van der Waals surface area contributed by atoms with E-state index in [1.807, 2.05) is 6.20 Å². The van der Waals surface area contributed by atoms with Crippen LogP contribution in [0.2, 0.25) is 0 Å². The largest absolute Gasteiger partial charge is 0.316 e. The number of nitrogens with zero attached hydrogens (tertiary/aromatic N) is 1. The van der Waals surface area contributed by atoms with Gasteiger partial charge in [-0.2, -0.15) is 0 Å². The Hall–Kier alpha value is -1.09. The van der Waals surface area contributed by atoms with E-state index in [0.717, 1.165) is 30.9 Å². The van der Waals surface area contributed by atoms with Crippen molar-refractivity contribution in [3.8, 4) is 0 Å². The van der Waals surface area contributed by atoms with Crippen molar-refractivity contribution in [2.75, 3.05) is 13.1 Å². The number of pyridine rings is 1. The highest BCUT2D eigenvalue weighted by Gasteiger charge is 2.21. The van der Waals surface area contributed by atoms with Gasteiger partial charge in [0.05, 0.1) is 5.52 Å². The number of piperidine rings is 1. The van der Waals surface area contributed by atoms with Crippen LogP contribution in [-0.4, -0.2) is 18.1 Å². The lowest BCUT2D eigenvalue weighted by Gasteiger charge is -2.30. The van der Waals surface area contributed by atoms with E-state index in [2.05, 4.69) is 53.3 Å². The van der Waals surface area contributed by atoms with Crippen LogP contribution >= 0.6 is 24.8 Å². The van der Waals surface area contributed by atoms with Crippen molar-refractivity contribution in [3.63, 3.8) is 0 Å². The molecule has 0 spiro atoms. The quantitative estimate of drug-likeness (QED) is 0.780. The highest BCUT2D eigenvalue weighted by molar-refractivity contribution is 5.85. The number of benzene rings is 1. The van der Waals surface area contributed by atoms with Crippen LogP contribution in [0.4, 0.5) is 0 Å². The molecule has 2 aromatic rings. The summed E-state index contributed by atoms with van der Waals surface area (Å²) in [6.45, 7) is 6.26. The maximum absolute atomic E-state index is 4.44. The first-order chi connectivity index (χ1) is 10.4. The van der Waals surface area contributed by atoms with Crippen molar-refractivity contribution in [1.29, 1.82) is 0 Å². The number of nitrogens with one attached hydrogen (secondary N) is 1. The minimum Gasteiger partial charge on any atom is -0.316 e. The smallest absolute Gasteiger partial charge is 0.0704 e. The molecule has 0 saturated carbocycles. The second kappa shape index (κ2) is 9.92. The van der Waals surface area contributed by atoms with E-state index in [1.165, 1.54) is 30.2 Å². The zero-order valence-electron chi connectivity index (χ0n) is 13.4. The second-order valence-electron chi connectivity index (χ2n) is 6.03. The molecule has 4 heteroatoms. The molecular weight excluding hydrogens is 327 g/mol. The third kappa shape index (κ3) is 4.94. The van der Waals surface area contributed by atoms with E-state index in [1.54, 1.807) is 0 Å². The van der Waals surface area contributed by atoms with Crippen molar-refractivity contribution in [2.45, 2.75) is 25.7 Å². The molecule has 126 valence electrons. The predicted molar refractivity (Wildman–Crippen MR) is 104 cm³/mol. The van der Waals surface area contributed by atoms with Crippen LogP contribution in [0.25, 0.3) is 10.9 Å². The highest BCUT2D eigenvalue weighted by Crippen LogP contribution is 2.26. The van der Waals surface area contributed by atoms with Gasteiger partial charge < -0.3 is 5.32 Å². The van der Waals surface area contributed by atoms with Gasteiger partial charge in [-0.1, -0.05) is 24.3 Å². The molecule has 2 atom stereocenters. The Morgan fingerprint density at radius 3 is 2.87 bits per heavy atom. The number of para-hydroxylation sites is 1. The average Bonchev–Trinajstić information content (AvgIpc) is 2.55. The van der Waals surface area contributed by atoms with Crippen LogP contribution in [0.1, 0.15) is 24.8 Å².